The quantitative estimate of drug-likeness (QED) is 0.300. The van der Waals surface area contributed by atoms with Gasteiger partial charge in [-0.15, -0.1) is 0 Å². The molecule has 4 aromatic rings. The topological polar surface area (TPSA) is 130 Å². The van der Waals surface area contributed by atoms with E-state index in [-0.39, 0.29) is 22.9 Å². The molecular weight excluding hydrogens is 568 g/mol. The third kappa shape index (κ3) is 5.61. The zero-order chi connectivity index (χ0) is 30.3. The average Bonchev–Trinajstić information content (AvgIpc) is 3.61. The maximum Gasteiger partial charge on any atom is 0.277 e. The van der Waals surface area contributed by atoms with Crippen molar-refractivity contribution in [3.8, 4) is 34.3 Å². The van der Waals surface area contributed by atoms with E-state index < -0.39 is 0 Å². The maximum atomic E-state index is 13.3. The molecule has 12 heteroatoms. The van der Waals surface area contributed by atoms with Crippen LogP contribution in [-0.2, 0) is 24.9 Å². The number of amides is 1. The minimum atomic E-state index is -0.350. The highest BCUT2D eigenvalue weighted by Gasteiger charge is 2.39. The van der Waals surface area contributed by atoms with Gasteiger partial charge in [-0.05, 0) is 25.5 Å². The fourth-order valence-electron chi connectivity index (χ4n) is 5.88. The lowest BCUT2D eigenvalue weighted by molar-refractivity contribution is -0.119. The summed E-state index contributed by atoms with van der Waals surface area (Å²) in [7, 11) is 3.31. The predicted octanol–water partition coefficient (Wildman–Crippen LogP) is 3.14. The summed E-state index contributed by atoms with van der Waals surface area (Å²) in [4.78, 5) is 31.6. The van der Waals surface area contributed by atoms with Gasteiger partial charge in [0.15, 0.2) is 0 Å². The number of benzene rings is 1. The van der Waals surface area contributed by atoms with Crippen LogP contribution in [0.15, 0.2) is 47.4 Å². The molecule has 5 heterocycles. The van der Waals surface area contributed by atoms with Gasteiger partial charge in [-0.2, -0.15) is 10.4 Å². The maximum absolute atomic E-state index is 13.3. The second-order valence-corrected chi connectivity index (χ2v) is 12.0. The van der Waals surface area contributed by atoms with Crippen molar-refractivity contribution in [2.45, 2.75) is 38.9 Å². The van der Waals surface area contributed by atoms with E-state index >= 15 is 0 Å². The summed E-state index contributed by atoms with van der Waals surface area (Å²) in [5, 5.41) is 20.9. The molecule has 43 heavy (non-hydrogen) atoms. The normalized spacial score (nSPS) is 17.9. The molecule has 0 aliphatic carbocycles. The summed E-state index contributed by atoms with van der Waals surface area (Å²) in [5.41, 5.74) is 3.76. The van der Waals surface area contributed by atoms with Crippen molar-refractivity contribution in [1.29, 1.82) is 5.26 Å². The van der Waals surface area contributed by atoms with Gasteiger partial charge in [0, 0.05) is 74.1 Å². The molecule has 0 unspecified atom stereocenters. The lowest BCUT2D eigenvalue weighted by Gasteiger charge is -2.43. The molecule has 1 amide bonds. The van der Waals surface area contributed by atoms with Gasteiger partial charge in [0.25, 0.3) is 5.56 Å². The molecule has 2 aliphatic rings. The van der Waals surface area contributed by atoms with Crippen LogP contribution in [-0.4, -0.2) is 62.8 Å². The number of hydrogen-bond donors (Lipinski definition) is 2. The number of carbonyl (C=O) groups excluding carboxylic acids is 1. The highest BCUT2D eigenvalue weighted by molar-refractivity contribution is 6.36. The number of likely N-dealkylation sites (tertiary alicyclic amines) is 1. The van der Waals surface area contributed by atoms with E-state index in [9.17, 15) is 14.9 Å². The van der Waals surface area contributed by atoms with Crippen LogP contribution in [0.1, 0.15) is 31.2 Å². The molecule has 0 radical (unpaired) electrons. The van der Waals surface area contributed by atoms with Crippen LogP contribution >= 0.6 is 11.6 Å². The second kappa shape index (κ2) is 11.4. The van der Waals surface area contributed by atoms with Gasteiger partial charge in [-0.3, -0.25) is 19.1 Å². The van der Waals surface area contributed by atoms with Gasteiger partial charge in [0.2, 0.25) is 11.8 Å². The average molecular weight is 601 g/mol. The Morgan fingerprint density at radius 1 is 1.23 bits per heavy atom. The van der Waals surface area contributed by atoms with E-state index in [4.69, 9.17) is 26.4 Å². The molecule has 2 saturated heterocycles. The summed E-state index contributed by atoms with van der Waals surface area (Å²) in [5.74, 6) is 1.21. The zero-order valence-corrected chi connectivity index (χ0v) is 25.1. The molecular formula is C31H33ClN8O3. The lowest BCUT2D eigenvalue weighted by Crippen LogP contribution is -2.53. The number of rotatable bonds is 9. The molecule has 1 aromatic carbocycles. The highest BCUT2D eigenvalue weighted by Crippen LogP contribution is 2.37. The first kappa shape index (κ1) is 28.9. The van der Waals surface area contributed by atoms with Gasteiger partial charge >= 0.3 is 0 Å². The molecule has 11 nitrogen and oxygen atoms in total. The smallest absolute Gasteiger partial charge is 0.277 e. The molecule has 3 aromatic heterocycles. The molecule has 6 rings (SSSR count). The van der Waals surface area contributed by atoms with Crippen LogP contribution in [0, 0.1) is 16.7 Å². The number of nitrogens with zero attached hydrogens (tertiary/aromatic N) is 6. The highest BCUT2D eigenvalue weighted by atomic mass is 35.5. The Morgan fingerprint density at radius 2 is 2.02 bits per heavy atom. The Kier molecular flexibility index (Phi) is 7.68. The standard InChI is InChI=1S/C31H33ClN8O3/c1-31(16-33)17-39(18-31)15-26-37-40-14-20(11-25(40)30(42)38(26)2)22-5-4-6-23(28(22)32)24-9-7-19(29(36-24)43-3)12-34-13-21-8-10-27(41)35-21/h4-7,9,11,14,21,34H,8,10,12-13,15,17-18H2,1-3H3,(H,35,41)/t21-/m0/s1. The number of nitrogens with one attached hydrogen (secondary N) is 2. The Bertz CT molecular complexity index is 1820. The number of methoxy groups -OCH3 is 1. The van der Waals surface area contributed by atoms with Crippen LogP contribution in [0.3, 0.4) is 0 Å². The molecule has 0 bridgehead atoms. The predicted molar refractivity (Wildman–Crippen MR) is 163 cm³/mol. The largest absolute Gasteiger partial charge is 0.481 e. The number of carbonyl (C=O) groups is 1. The van der Waals surface area contributed by atoms with E-state index in [2.05, 4.69) is 21.6 Å². The van der Waals surface area contributed by atoms with Crippen LogP contribution in [0.2, 0.25) is 5.02 Å². The van der Waals surface area contributed by atoms with Gasteiger partial charge in [0.1, 0.15) is 11.3 Å². The fraction of sp³-hybridized carbons (Fsp3) is 0.387. The summed E-state index contributed by atoms with van der Waals surface area (Å²) < 4.78 is 8.78. The monoisotopic (exact) mass is 600 g/mol. The fourth-order valence-corrected chi connectivity index (χ4v) is 6.21. The number of aromatic nitrogens is 4. The third-order valence-electron chi connectivity index (χ3n) is 8.22. The van der Waals surface area contributed by atoms with Crippen molar-refractivity contribution in [3.05, 3.63) is 69.4 Å². The number of ether oxygens (including phenoxy) is 1. The van der Waals surface area contributed by atoms with Crippen LogP contribution in [0.25, 0.3) is 27.9 Å². The molecule has 0 saturated carbocycles. The summed E-state index contributed by atoms with van der Waals surface area (Å²) >= 11 is 6.97. The van der Waals surface area contributed by atoms with Crippen LogP contribution < -0.4 is 20.9 Å². The molecule has 2 fully saturated rings. The van der Waals surface area contributed by atoms with Crippen LogP contribution in [0.4, 0.5) is 0 Å². The van der Waals surface area contributed by atoms with E-state index in [1.54, 1.807) is 29.3 Å². The van der Waals surface area contributed by atoms with Gasteiger partial charge in [-0.1, -0.05) is 35.9 Å². The van der Waals surface area contributed by atoms with Crippen molar-refractivity contribution in [1.82, 2.24) is 34.7 Å². The van der Waals surface area contributed by atoms with Crippen molar-refractivity contribution in [3.63, 3.8) is 0 Å². The van der Waals surface area contributed by atoms with Crippen LogP contribution in [0.5, 0.6) is 5.88 Å². The summed E-state index contributed by atoms with van der Waals surface area (Å²) in [6, 6.07) is 13.9. The van der Waals surface area contributed by atoms with E-state index in [1.807, 2.05) is 43.5 Å². The lowest BCUT2D eigenvalue weighted by atomic mass is 9.84. The third-order valence-corrected chi connectivity index (χ3v) is 8.63. The Balaban J connectivity index is 1.24. The molecule has 222 valence electrons. The van der Waals surface area contributed by atoms with Gasteiger partial charge in [0.05, 0.1) is 35.9 Å². The number of halogens is 1. The van der Waals surface area contributed by atoms with Crippen molar-refractivity contribution >= 4 is 23.0 Å². The van der Waals surface area contributed by atoms with Gasteiger partial charge in [-0.25, -0.2) is 9.50 Å². The van der Waals surface area contributed by atoms with Crippen molar-refractivity contribution in [2.24, 2.45) is 12.5 Å². The van der Waals surface area contributed by atoms with Crippen molar-refractivity contribution < 1.29 is 9.53 Å². The number of pyridine rings is 1. The number of fused-ring (bicyclic) bond motifs is 1. The van der Waals surface area contributed by atoms with Crippen molar-refractivity contribution in [2.75, 3.05) is 26.7 Å². The second-order valence-electron chi connectivity index (χ2n) is 11.6. The molecule has 2 N–H and O–H groups in total. The Morgan fingerprint density at radius 3 is 2.74 bits per heavy atom. The first-order valence-electron chi connectivity index (χ1n) is 14.2. The first-order chi connectivity index (χ1) is 20.7. The van der Waals surface area contributed by atoms with E-state index in [0.29, 0.717) is 67.1 Å². The minimum absolute atomic E-state index is 0.0960. The minimum Gasteiger partial charge on any atom is -0.481 e. The molecule has 2 aliphatic heterocycles. The molecule has 1 atom stereocenters. The summed E-state index contributed by atoms with van der Waals surface area (Å²) in [6.45, 7) is 4.94. The van der Waals surface area contributed by atoms with Gasteiger partial charge < -0.3 is 15.4 Å². The SMILES string of the molecule is COc1nc(-c2cccc(-c3cc4c(=O)n(C)c(CN5CC(C)(C#N)C5)nn4c3)c2Cl)ccc1CNC[C@@H]1CCC(=O)N1. The zero-order valence-electron chi connectivity index (χ0n) is 24.4. The summed E-state index contributed by atoms with van der Waals surface area (Å²) in [6.07, 6.45) is 3.22. The first-order valence-corrected chi connectivity index (χ1v) is 14.6. The van der Waals surface area contributed by atoms with E-state index in [0.717, 1.165) is 28.7 Å². The molecule has 0 spiro atoms. The number of nitriles is 1. The Labute approximate surface area is 254 Å². The van der Waals surface area contributed by atoms with E-state index in [1.165, 1.54) is 0 Å². The number of hydrogen-bond acceptors (Lipinski definition) is 8. The Hall–Kier alpha value is -4.24.